The Kier molecular flexibility index (Phi) is 6.27. The highest BCUT2D eigenvalue weighted by atomic mass is 16.6. The first kappa shape index (κ1) is 20.1. The topological polar surface area (TPSA) is 104 Å². The average molecular weight is 374 g/mol. The van der Waals surface area contributed by atoms with Crippen LogP contribution in [0.4, 0.5) is 4.79 Å². The van der Waals surface area contributed by atoms with E-state index in [1.165, 1.54) is 24.4 Å². The van der Waals surface area contributed by atoms with Crippen LogP contribution in [0.5, 0.6) is 0 Å². The molecule has 0 aliphatic rings. The van der Waals surface area contributed by atoms with Gasteiger partial charge in [-0.2, -0.15) is 5.10 Å². The van der Waals surface area contributed by atoms with E-state index in [1.807, 2.05) is 0 Å². The molecule has 0 aliphatic carbocycles. The fourth-order valence-electron chi connectivity index (χ4n) is 2.28. The monoisotopic (exact) mass is 374 g/mol. The number of carbonyl (C=O) groups excluding carboxylic acids is 3. The first-order chi connectivity index (χ1) is 12.7. The Morgan fingerprint density at radius 1 is 1.19 bits per heavy atom. The highest BCUT2D eigenvalue weighted by molar-refractivity contribution is 6.05. The summed E-state index contributed by atoms with van der Waals surface area (Å²) in [6.45, 7) is 4.88. The maximum absolute atomic E-state index is 13.0. The second-order valence-corrected chi connectivity index (χ2v) is 6.68. The summed E-state index contributed by atoms with van der Waals surface area (Å²) in [6.07, 6.45) is 1.70. The number of imide groups is 1. The minimum Gasteiger partial charge on any atom is -0.467 e. The van der Waals surface area contributed by atoms with Gasteiger partial charge in [-0.15, -0.1) is 0 Å². The minimum absolute atomic E-state index is 0.121. The Balaban J connectivity index is 2.44. The molecular formula is C18H22N4O5. The molecule has 1 aromatic heterocycles. The lowest BCUT2D eigenvalue weighted by molar-refractivity contribution is -0.146. The van der Waals surface area contributed by atoms with Crippen LogP contribution in [-0.2, 0) is 20.8 Å². The Bertz CT molecular complexity index is 784. The quantitative estimate of drug-likeness (QED) is 0.736. The van der Waals surface area contributed by atoms with Crippen molar-refractivity contribution in [1.29, 1.82) is 0 Å². The first-order valence-electron chi connectivity index (χ1n) is 8.25. The van der Waals surface area contributed by atoms with Crippen molar-refractivity contribution < 1.29 is 23.9 Å². The van der Waals surface area contributed by atoms with Crippen molar-refractivity contribution in [2.75, 3.05) is 7.11 Å². The molecule has 0 aliphatic heterocycles. The van der Waals surface area contributed by atoms with Gasteiger partial charge in [-0.3, -0.25) is 9.48 Å². The van der Waals surface area contributed by atoms with Gasteiger partial charge in [0.1, 0.15) is 18.3 Å². The Morgan fingerprint density at radius 2 is 1.85 bits per heavy atom. The van der Waals surface area contributed by atoms with Crippen LogP contribution < -0.4 is 0 Å². The molecule has 1 aromatic carbocycles. The number of nitrogens with zero attached hydrogens (tertiary/aromatic N) is 4. The van der Waals surface area contributed by atoms with Crippen LogP contribution in [0.1, 0.15) is 31.1 Å². The van der Waals surface area contributed by atoms with E-state index >= 15 is 0 Å². The van der Waals surface area contributed by atoms with Crippen molar-refractivity contribution in [1.82, 2.24) is 19.7 Å². The van der Waals surface area contributed by atoms with E-state index in [2.05, 4.69) is 10.1 Å². The largest absolute Gasteiger partial charge is 0.467 e. The summed E-state index contributed by atoms with van der Waals surface area (Å²) in [6, 6.07) is 6.87. The zero-order valence-electron chi connectivity index (χ0n) is 15.7. The van der Waals surface area contributed by atoms with Crippen LogP contribution >= 0.6 is 0 Å². The zero-order valence-corrected chi connectivity index (χ0v) is 15.7. The molecule has 0 saturated carbocycles. The summed E-state index contributed by atoms with van der Waals surface area (Å²) in [4.78, 5) is 42.8. The van der Waals surface area contributed by atoms with Gasteiger partial charge >= 0.3 is 12.1 Å². The summed E-state index contributed by atoms with van der Waals surface area (Å²) >= 11 is 0. The standard InChI is InChI=1S/C18H22N4O5/c1-18(2,3)27-17(25)22(15(23)13-8-6-5-7-9-13)14(16(24)26-4)10-21-12-19-11-20-21/h5-9,11-12,14H,10H2,1-4H3/t14-/m0/s1. The Hall–Kier alpha value is -3.23. The lowest BCUT2D eigenvalue weighted by Crippen LogP contribution is -2.52. The van der Waals surface area contributed by atoms with Crippen molar-refractivity contribution in [2.45, 2.75) is 39.0 Å². The van der Waals surface area contributed by atoms with E-state index < -0.39 is 29.6 Å². The van der Waals surface area contributed by atoms with Gasteiger partial charge in [0.2, 0.25) is 0 Å². The molecule has 0 unspecified atom stereocenters. The fourth-order valence-corrected chi connectivity index (χ4v) is 2.28. The normalized spacial score (nSPS) is 12.1. The van der Waals surface area contributed by atoms with Crippen LogP contribution in [0.2, 0.25) is 0 Å². The number of benzene rings is 1. The fraction of sp³-hybridized carbons (Fsp3) is 0.389. The van der Waals surface area contributed by atoms with Crippen molar-refractivity contribution in [2.24, 2.45) is 0 Å². The van der Waals surface area contributed by atoms with E-state index in [4.69, 9.17) is 9.47 Å². The first-order valence-corrected chi connectivity index (χ1v) is 8.25. The molecule has 0 saturated heterocycles. The van der Waals surface area contributed by atoms with Gasteiger partial charge in [0.05, 0.1) is 13.7 Å². The maximum Gasteiger partial charge on any atom is 0.418 e. The molecule has 27 heavy (non-hydrogen) atoms. The number of ether oxygens (including phenoxy) is 2. The molecule has 1 atom stereocenters. The molecule has 0 spiro atoms. The smallest absolute Gasteiger partial charge is 0.418 e. The number of rotatable bonds is 5. The van der Waals surface area contributed by atoms with E-state index in [9.17, 15) is 14.4 Å². The number of esters is 1. The highest BCUT2D eigenvalue weighted by Gasteiger charge is 2.39. The molecule has 0 fully saturated rings. The molecule has 0 radical (unpaired) electrons. The molecule has 144 valence electrons. The predicted octanol–water partition coefficient (Wildman–Crippen LogP) is 1.90. The third kappa shape index (κ3) is 5.37. The zero-order chi connectivity index (χ0) is 20.0. The van der Waals surface area contributed by atoms with Crippen molar-refractivity contribution in [3.8, 4) is 0 Å². The number of methoxy groups -OCH3 is 1. The second kappa shape index (κ2) is 8.43. The van der Waals surface area contributed by atoms with E-state index in [0.29, 0.717) is 0 Å². The number of aromatic nitrogens is 3. The SMILES string of the molecule is COC(=O)[C@H](Cn1cncn1)N(C(=O)OC(C)(C)C)C(=O)c1ccccc1. The lowest BCUT2D eigenvalue weighted by atomic mass is 10.1. The summed E-state index contributed by atoms with van der Waals surface area (Å²) in [5, 5.41) is 3.93. The van der Waals surface area contributed by atoms with Crippen LogP contribution in [0.3, 0.4) is 0 Å². The van der Waals surface area contributed by atoms with Crippen molar-refractivity contribution in [3.63, 3.8) is 0 Å². The molecule has 2 rings (SSSR count). The molecule has 2 amide bonds. The number of hydrogen-bond acceptors (Lipinski definition) is 7. The van der Waals surface area contributed by atoms with Crippen LogP contribution in [0.15, 0.2) is 43.0 Å². The molecule has 0 N–H and O–H groups in total. The summed E-state index contributed by atoms with van der Waals surface area (Å²) < 4.78 is 11.5. The van der Waals surface area contributed by atoms with E-state index in [1.54, 1.807) is 51.1 Å². The van der Waals surface area contributed by atoms with Crippen molar-refractivity contribution >= 4 is 18.0 Å². The van der Waals surface area contributed by atoms with Crippen LogP contribution in [0.25, 0.3) is 0 Å². The van der Waals surface area contributed by atoms with Gasteiger partial charge in [0.25, 0.3) is 5.91 Å². The number of amides is 2. The van der Waals surface area contributed by atoms with Gasteiger partial charge < -0.3 is 9.47 Å². The summed E-state index contributed by atoms with van der Waals surface area (Å²) in [5.74, 6) is -1.46. The third-order valence-electron chi connectivity index (χ3n) is 3.44. The van der Waals surface area contributed by atoms with Crippen LogP contribution in [0, 0.1) is 0 Å². The lowest BCUT2D eigenvalue weighted by Gasteiger charge is -2.30. The number of hydrogen-bond donors (Lipinski definition) is 0. The van der Waals surface area contributed by atoms with Crippen LogP contribution in [-0.4, -0.2) is 56.4 Å². The van der Waals surface area contributed by atoms with Gasteiger partial charge in [0, 0.05) is 5.56 Å². The molecule has 9 heteroatoms. The second-order valence-electron chi connectivity index (χ2n) is 6.68. The molecular weight excluding hydrogens is 352 g/mol. The van der Waals surface area contributed by atoms with Crippen molar-refractivity contribution in [3.05, 3.63) is 48.5 Å². The van der Waals surface area contributed by atoms with Gasteiger partial charge in [-0.25, -0.2) is 19.5 Å². The molecule has 1 heterocycles. The predicted molar refractivity (Wildman–Crippen MR) is 94.7 cm³/mol. The van der Waals surface area contributed by atoms with Gasteiger partial charge in [0.15, 0.2) is 6.04 Å². The molecule has 2 aromatic rings. The maximum atomic E-state index is 13.0. The Labute approximate surface area is 156 Å². The van der Waals surface area contributed by atoms with Gasteiger partial charge in [-0.1, -0.05) is 18.2 Å². The van der Waals surface area contributed by atoms with Gasteiger partial charge in [-0.05, 0) is 32.9 Å². The van der Waals surface area contributed by atoms with E-state index in [-0.39, 0.29) is 12.1 Å². The Morgan fingerprint density at radius 3 is 2.37 bits per heavy atom. The highest BCUT2D eigenvalue weighted by Crippen LogP contribution is 2.17. The average Bonchev–Trinajstić information content (AvgIpc) is 3.12. The summed E-state index contributed by atoms with van der Waals surface area (Å²) in [7, 11) is 1.18. The number of carbonyl (C=O) groups is 3. The molecule has 9 nitrogen and oxygen atoms in total. The molecule has 0 bridgehead atoms. The summed E-state index contributed by atoms with van der Waals surface area (Å²) in [5.41, 5.74) is -0.629. The minimum atomic E-state index is -1.28. The van der Waals surface area contributed by atoms with E-state index in [0.717, 1.165) is 4.90 Å². The third-order valence-corrected chi connectivity index (χ3v) is 3.44.